The summed E-state index contributed by atoms with van der Waals surface area (Å²) in [5.74, 6) is 0.149. The van der Waals surface area contributed by atoms with E-state index < -0.39 is 0 Å². The fourth-order valence-electron chi connectivity index (χ4n) is 2.56. The van der Waals surface area contributed by atoms with Gasteiger partial charge in [-0.3, -0.25) is 4.79 Å². The van der Waals surface area contributed by atoms with Crippen LogP contribution in [0.3, 0.4) is 0 Å². The number of rotatable bonds is 3. The van der Waals surface area contributed by atoms with E-state index in [0.29, 0.717) is 0 Å². The van der Waals surface area contributed by atoms with Gasteiger partial charge >= 0.3 is 0 Å². The third kappa shape index (κ3) is 2.96. The molecule has 2 rings (SSSR count). The molecule has 1 amide bonds. The van der Waals surface area contributed by atoms with Crippen LogP contribution in [0.5, 0.6) is 0 Å². The molecule has 1 aliphatic rings. The van der Waals surface area contributed by atoms with E-state index >= 15 is 0 Å². The Labute approximate surface area is 115 Å². The SMILES string of the molecule is CN(C)CC1NCC(C)(C)N(c2ccccc2)C1=O. The second-order valence-electron chi connectivity index (χ2n) is 6.02. The van der Waals surface area contributed by atoms with Gasteiger partial charge < -0.3 is 15.1 Å². The largest absolute Gasteiger partial charge is 0.307 e. The summed E-state index contributed by atoms with van der Waals surface area (Å²) in [7, 11) is 3.98. The van der Waals surface area contributed by atoms with Crippen molar-refractivity contribution in [1.29, 1.82) is 0 Å². The average molecular weight is 261 g/mol. The van der Waals surface area contributed by atoms with E-state index in [0.717, 1.165) is 18.8 Å². The maximum Gasteiger partial charge on any atom is 0.245 e. The summed E-state index contributed by atoms with van der Waals surface area (Å²) < 4.78 is 0. The van der Waals surface area contributed by atoms with Crippen LogP contribution in [0.2, 0.25) is 0 Å². The molecule has 4 heteroatoms. The standard InChI is InChI=1S/C15H23N3O/c1-15(2)11-16-13(10-17(3)4)14(19)18(15)12-8-6-5-7-9-12/h5-9,13,16H,10-11H2,1-4H3. The number of amides is 1. The van der Waals surface area contributed by atoms with E-state index in [1.54, 1.807) is 0 Å². The van der Waals surface area contributed by atoms with Crippen molar-refractivity contribution in [2.45, 2.75) is 25.4 Å². The molecule has 0 bridgehead atoms. The Morgan fingerprint density at radius 2 is 1.95 bits per heavy atom. The highest BCUT2D eigenvalue weighted by molar-refractivity contribution is 5.99. The second kappa shape index (κ2) is 5.31. The van der Waals surface area contributed by atoms with E-state index in [9.17, 15) is 4.79 Å². The zero-order chi connectivity index (χ0) is 14.0. The van der Waals surface area contributed by atoms with Crippen molar-refractivity contribution in [3.05, 3.63) is 30.3 Å². The maximum atomic E-state index is 12.7. The number of nitrogens with zero attached hydrogens (tertiary/aromatic N) is 2. The van der Waals surface area contributed by atoms with Crippen LogP contribution in [0.4, 0.5) is 5.69 Å². The normalized spacial score (nSPS) is 22.9. The lowest BCUT2D eigenvalue weighted by atomic mass is 9.95. The predicted octanol–water partition coefficient (Wildman–Crippen LogP) is 1.33. The van der Waals surface area contributed by atoms with Crippen LogP contribution in [-0.2, 0) is 4.79 Å². The Kier molecular flexibility index (Phi) is 3.92. The molecule has 0 radical (unpaired) electrons. The number of carbonyl (C=O) groups is 1. The Balaban J connectivity index is 2.29. The van der Waals surface area contributed by atoms with E-state index in [2.05, 4.69) is 19.2 Å². The van der Waals surface area contributed by atoms with Crippen LogP contribution in [0.25, 0.3) is 0 Å². The first-order valence-electron chi connectivity index (χ1n) is 6.69. The van der Waals surface area contributed by atoms with Crippen molar-refractivity contribution >= 4 is 11.6 Å². The molecule has 1 atom stereocenters. The van der Waals surface area contributed by atoms with Gasteiger partial charge in [0.05, 0.1) is 5.54 Å². The number of anilines is 1. The highest BCUT2D eigenvalue weighted by atomic mass is 16.2. The minimum absolute atomic E-state index is 0.136. The van der Waals surface area contributed by atoms with Gasteiger partial charge in [-0.05, 0) is 40.1 Å². The zero-order valence-corrected chi connectivity index (χ0v) is 12.2. The molecule has 1 heterocycles. The van der Waals surface area contributed by atoms with Gasteiger partial charge in [-0.2, -0.15) is 0 Å². The zero-order valence-electron chi connectivity index (χ0n) is 12.2. The smallest absolute Gasteiger partial charge is 0.245 e. The number of hydrogen-bond donors (Lipinski definition) is 1. The fraction of sp³-hybridized carbons (Fsp3) is 0.533. The molecule has 4 nitrogen and oxygen atoms in total. The lowest BCUT2D eigenvalue weighted by molar-refractivity contribution is -0.123. The van der Waals surface area contributed by atoms with E-state index in [4.69, 9.17) is 0 Å². The summed E-state index contributed by atoms with van der Waals surface area (Å²) in [6.07, 6.45) is 0. The molecule has 19 heavy (non-hydrogen) atoms. The van der Waals surface area contributed by atoms with Crippen molar-refractivity contribution in [2.75, 3.05) is 32.1 Å². The van der Waals surface area contributed by atoms with Crippen LogP contribution in [0.15, 0.2) is 30.3 Å². The van der Waals surface area contributed by atoms with Crippen LogP contribution >= 0.6 is 0 Å². The molecule has 104 valence electrons. The Bertz CT molecular complexity index is 442. The van der Waals surface area contributed by atoms with E-state index in [-0.39, 0.29) is 17.5 Å². The van der Waals surface area contributed by atoms with Gasteiger partial charge in [0.1, 0.15) is 6.04 Å². The van der Waals surface area contributed by atoms with Crippen LogP contribution in [0.1, 0.15) is 13.8 Å². The lowest BCUT2D eigenvalue weighted by Crippen LogP contribution is -2.67. The van der Waals surface area contributed by atoms with Gasteiger partial charge in [-0.25, -0.2) is 0 Å². The average Bonchev–Trinajstić information content (AvgIpc) is 2.34. The molecule has 1 fully saturated rings. The summed E-state index contributed by atoms with van der Waals surface area (Å²) in [6, 6.07) is 9.78. The highest BCUT2D eigenvalue weighted by Gasteiger charge is 2.40. The summed E-state index contributed by atoms with van der Waals surface area (Å²) >= 11 is 0. The number of nitrogens with one attached hydrogen (secondary N) is 1. The summed E-state index contributed by atoms with van der Waals surface area (Å²) in [5.41, 5.74) is 0.768. The Morgan fingerprint density at radius 1 is 1.32 bits per heavy atom. The van der Waals surface area contributed by atoms with Gasteiger partial charge in [0.15, 0.2) is 0 Å². The molecular formula is C15H23N3O. The Morgan fingerprint density at radius 3 is 2.53 bits per heavy atom. The minimum Gasteiger partial charge on any atom is -0.307 e. The second-order valence-corrected chi connectivity index (χ2v) is 6.02. The molecule has 1 aliphatic heterocycles. The number of piperazine rings is 1. The predicted molar refractivity (Wildman–Crippen MR) is 78.4 cm³/mol. The lowest BCUT2D eigenvalue weighted by Gasteiger charge is -2.46. The van der Waals surface area contributed by atoms with Crippen LogP contribution < -0.4 is 10.2 Å². The summed E-state index contributed by atoms with van der Waals surface area (Å²) in [4.78, 5) is 16.7. The van der Waals surface area contributed by atoms with Gasteiger partial charge in [0, 0.05) is 18.8 Å². The topological polar surface area (TPSA) is 35.6 Å². The highest BCUT2D eigenvalue weighted by Crippen LogP contribution is 2.27. The number of carbonyl (C=O) groups excluding carboxylic acids is 1. The molecule has 1 N–H and O–H groups in total. The molecule has 0 aromatic heterocycles. The molecule has 1 aromatic carbocycles. The first-order chi connectivity index (χ1) is 8.92. The molecule has 1 aromatic rings. The molecular weight excluding hydrogens is 238 g/mol. The molecule has 0 saturated carbocycles. The van der Waals surface area contributed by atoms with Crippen molar-refractivity contribution in [3.63, 3.8) is 0 Å². The van der Waals surface area contributed by atoms with Crippen molar-refractivity contribution in [1.82, 2.24) is 10.2 Å². The first kappa shape index (κ1) is 14.0. The third-order valence-electron chi connectivity index (χ3n) is 3.47. The maximum absolute atomic E-state index is 12.7. The van der Waals surface area contributed by atoms with E-state index in [1.165, 1.54) is 0 Å². The number of likely N-dealkylation sites (N-methyl/N-ethyl adjacent to an activating group) is 1. The van der Waals surface area contributed by atoms with Crippen LogP contribution in [0, 0.1) is 0 Å². The van der Waals surface area contributed by atoms with E-state index in [1.807, 2.05) is 54.2 Å². The minimum atomic E-state index is -0.207. The quantitative estimate of drug-likeness (QED) is 0.891. The molecule has 1 saturated heterocycles. The molecule has 0 aliphatic carbocycles. The molecule has 0 spiro atoms. The van der Waals surface area contributed by atoms with Crippen molar-refractivity contribution < 1.29 is 4.79 Å². The van der Waals surface area contributed by atoms with Gasteiger partial charge in [-0.1, -0.05) is 18.2 Å². The Hall–Kier alpha value is -1.39. The fourth-order valence-corrected chi connectivity index (χ4v) is 2.56. The summed E-state index contributed by atoms with van der Waals surface area (Å²) in [5, 5.41) is 3.36. The van der Waals surface area contributed by atoms with Gasteiger partial charge in [0.25, 0.3) is 0 Å². The monoisotopic (exact) mass is 261 g/mol. The third-order valence-corrected chi connectivity index (χ3v) is 3.47. The first-order valence-corrected chi connectivity index (χ1v) is 6.69. The van der Waals surface area contributed by atoms with Crippen LogP contribution in [-0.4, -0.2) is 49.6 Å². The number of hydrogen-bond acceptors (Lipinski definition) is 3. The van der Waals surface area contributed by atoms with Gasteiger partial charge in [0.2, 0.25) is 5.91 Å². The number of para-hydroxylation sites is 1. The summed E-state index contributed by atoms with van der Waals surface area (Å²) in [6.45, 7) is 5.71. The van der Waals surface area contributed by atoms with Crippen molar-refractivity contribution in [3.8, 4) is 0 Å². The van der Waals surface area contributed by atoms with Gasteiger partial charge in [-0.15, -0.1) is 0 Å². The van der Waals surface area contributed by atoms with Crippen molar-refractivity contribution in [2.24, 2.45) is 0 Å². The molecule has 1 unspecified atom stereocenters. The number of benzene rings is 1.